The minimum absolute atomic E-state index is 0.107. The summed E-state index contributed by atoms with van der Waals surface area (Å²) in [6, 6.07) is 65.9. The van der Waals surface area contributed by atoms with Gasteiger partial charge in [-0.05, 0) is 82.8 Å². The Bertz CT molecular complexity index is 2940. The molecule has 258 valence electrons. The summed E-state index contributed by atoms with van der Waals surface area (Å²) >= 11 is 0. The van der Waals surface area contributed by atoms with Gasteiger partial charge in [-0.25, -0.2) is 4.98 Å². The molecule has 10 aromatic rings. The standard InChI is InChI=1S/C51H39N3/c1-51(2,3)38-24-26-39(27-25-38)53-47-20-12-10-18-41(47)43-30-36(22-28-49(43)53)37-23-29-50-44(31-37)42-19-11-13-21-48(42)54(50)40-32-45(34-14-6-4-7-15-34)52-46(33-40)35-16-8-5-9-17-35/h4-33H,1-3H3. The zero-order valence-electron chi connectivity index (χ0n) is 30.7. The monoisotopic (exact) mass is 693 g/mol. The Morgan fingerprint density at radius 1 is 0.352 bits per heavy atom. The van der Waals surface area contributed by atoms with Crippen LogP contribution in [-0.4, -0.2) is 14.1 Å². The van der Waals surface area contributed by atoms with Gasteiger partial charge in [-0.2, -0.15) is 0 Å². The van der Waals surface area contributed by atoms with Crippen molar-refractivity contribution in [1.29, 1.82) is 0 Å². The SMILES string of the molecule is CC(C)(C)c1ccc(-n2c3ccccc3c3cc(-c4ccc5c(c4)c4ccccc4n5-c4cc(-c5ccccc5)nc(-c5ccccc5)c4)ccc32)cc1. The molecule has 0 bridgehead atoms. The molecule has 0 radical (unpaired) electrons. The van der Waals surface area contributed by atoms with Crippen molar-refractivity contribution in [3.8, 4) is 45.0 Å². The molecule has 0 N–H and O–H groups in total. The zero-order valence-corrected chi connectivity index (χ0v) is 30.7. The van der Waals surface area contributed by atoms with Gasteiger partial charge < -0.3 is 9.13 Å². The van der Waals surface area contributed by atoms with Crippen molar-refractivity contribution in [2.45, 2.75) is 26.2 Å². The first kappa shape index (κ1) is 32.0. The van der Waals surface area contributed by atoms with Crippen molar-refractivity contribution in [3.63, 3.8) is 0 Å². The van der Waals surface area contributed by atoms with Gasteiger partial charge in [-0.3, -0.25) is 0 Å². The van der Waals surface area contributed by atoms with E-state index in [-0.39, 0.29) is 5.41 Å². The fraction of sp³-hybridized carbons (Fsp3) is 0.0784. The number of para-hydroxylation sites is 2. The van der Waals surface area contributed by atoms with Crippen LogP contribution in [0.2, 0.25) is 0 Å². The predicted molar refractivity (Wildman–Crippen MR) is 228 cm³/mol. The van der Waals surface area contributed by atoms with Crippen molar-refractivity contribution in [2.24, 2.45) is 0 Å². The quantitative estimate of drug-likeness (QED) is 0.176. The van der Waals surface area contributed by atoms with Crippen LogP contribution in [0.1, 0.15) is 26.3 Å². The number of pyridine rings is 1. The van der Waals surface area contributed by atoms with E-state index in [4.69, 9.17) is 4.98 Å². The second-order valence-corrected chi connectivity index (χ2v) is 15.3. The van der Waals surface area contributed by atoms with Crippen LogP contribution in [0, 0.1) is 0 Å². The molecule has 0 atom stereocenters. The van der Waals surface area contributed by atoms with Crippen LogP contribution in [-0.2, 0) is 5.41 Å². The Hall–Kier alpha value is -6.71. The highest BCUT2D eigenvalue weighted by Crippen LogP contribution is 2.39. The number of fused-ring (bicyclic) bond motifs is 6. The average molecular weight is 694 g/mol. The molecule has 3 heterocycles. The van der Waals surface area contributed by atoms with E-state index in [1.807, 2.05) is 0 Å². The topological polar surface area (TPSA) is 22.8 Å². The minimum Gasteiger partial charge on any atom is -0.309 e. The Balaban J connectivity index is 1.14. The molecular weight excluding hydrogens is 655 g/mol. The molecule has 3 heteroatoms. The van der Waals surface area contributed by atoms with E-state index in [2.05, 4.69) is 212 Å². The van der Waals surface area contributed by atoms with Gasteiger partial charge in [0.1, 0.15) is 0 Å². The van der Waals surface area contributed by atoms with E-state index in [1.54, 1.807) is 0 Å². The van der Waals surface area contributed by atoms with Crippen LogP contribution in [0.4, 0.5) is 0 Å². The van der Waals surface area contributed by atoms with Gasteiger partial charge in [0.2, 0.25) is 0 Å². The number of benzene rings is 7. The summed E-state index contributed by atoms with van der Waals surface area (Å²) in [4.78, 5) is 5.16. The zero-order chi connectivity index (χ0) is 36.4. The highest BCUT2D eigenvalue weighted by molar-refractivity contribution is 6.12. The normalized spacial score (nSPS) is 12.0. The van der Waals surface area contributed by atoms with Crippen LogP contribution >= 0.6 is 0 Å². The summed E-state index contributed by atoms with van der Waals surface area (Å²) < 4.78 is 4.80. The first-order valence-electron chi connectivity index (χ1n) is 18.7. The lowest BCUT2D eigenvalue weighted by Gasteiger charge is -2.19. The Kier molecular flexibility index (Phi) is 7.38. The van der Waals surface area contributed by atoms with Crippen molar-refractivity contribution < 1.29 is 0 Å². The molecule has 0 fully saturated rings. The maximum absolute atomic E-state index is 5.16. The van der Waals surface area contributed by atoms with Crippen LogP contribution < -0.4 is 0 Å². The van der Waals surface area contributed by atoms with Crippen molar-refractivity contribution in [1.82, 2.24) is 14.1 Å². The lowest BCUT2D eigenvalue weighted by atomic mass is 9.87. The van der Waals surface area contributed by atoms with E-state index < -0.39 is 0 Å². The van der Waals surface area contributed by atoms with Gasteiger partial charge in [0.25, 0.3) is 0 Å². The van der Waals surface area contributed by atoms with Crippen molar-refractivity contribution >= 4 is 43.6 Å². The fourth-order valence-corrected chi connectivity index (χ4v) is 8.13. The third-order valence-corrected chi connectivity index (χ3v) is 10.9. The Labute approximate surface area is 315 Å². The lowest BCUT2D eigenvalue weighted by molar-refractivity contribution is 0.590. The predicted octanol–water partition coefficient (Wildman–Crippen LogP) is 13.6. The lowest BCUT2D eigenvalue weighted by Crippen LogP contribution is -2.10. The summed E-state index contributed by atoms with van der Waals surface area (Å²) in [6.45, 7) is 6.80. The largest absolute Gasteiger partial charge is 0.309 e. The summed E-state index contributed by atoms with van der Waals surface area (Å²) in [5.41, 5.74) is 15.0. The molecule has 10 rings (SSSR count). The molecule has 54 heavy (non-hydrogen) atoms. The Morgan fingerprint density at radius 3 is 1.26 bits per heavy atom. The molecule has 0 aliphatic heterocycles. The van der Waals surface area contributed by atoms with E-state index in [0.29, 0.717) is 0 Å². The number of nitrogens with zero attached hydrogens (tertiary/aromatic N) is 3. The number of rotatable bonds is 5. The highest BCUT2D eigenvalue weighted by Gasteiger charge is 2.19. The van der Waals surface area contributed by atoms with Gasteiger partial charge in [-0.15, -0.1) is 0 Å². The molecule has 0 unspecified atom stereocenters. The molecule has 0 saturated carbocycles. The van der Waals surface area contributed by atoms with E-state index >= 15 is 0 Å². The first-order valence-corrected chi connectivity index (χ1v) is 18.7. The summed E-state index contributed by atoms with van der Waals surface area (Å²) in [6.07, 6.45) is 0. The molecule has 3 aromatic heterocycles. The smallest absolute Gasteiger partial charge is 0.0730 e. The molecule has 3 nitrogen and oxygen atoms in total. The minimum atomic E-state index is 0.107. The van der Waals surface area contributed by atoms with Gasteiger partial charge in [0, 0.05) is 38.4 Å². The van der Waals surface area contributed by atoms with Crippen LogP contribution in [0.3, 0.4) is 0 Å². The maximum atomic E-state index is 5.16. The summed E-state index contributed by atoms with van der Waals surface area (Å²) in [5.74, 6) is 0. The van der Waals surface area contributed by atoms with Crippen LogP contribution in [0.25, 0.3) is 88.6 Å². The second-order valence-electron chi connectivity index (χ2n) is 15.3. The third kappa shape index (κ3) is 5.31. The number of hydrogen-bond donors (Lipinski definition) is 0. The molecule has 0 spiro atoms. The molecule has 0 aliphatic rings. The van der Waals surface area contributed by atoms with Gasteiger partial charge >= 0.3 is 0 Å². The second kappa shape index (κ2) is 12.5. The molecular formula is C51H39N3. The van der Waals surface area contributed by atoms with E-state index in [0.717, 1.165) is 28.2 Å². The molecule has 0 amide bonds. The maximum Gasteiger partial charge on any atom is 0.0730 e. The van der Waals surface area contributed by atoms with Gasteiger partial charge in [0.05, 0.1) is 39.1 Å². The molecule has 0 aliphatic carbocycles. The van der Waals surface area contributed by atoms with Crippen LogP contribution in [0.15, 0.2) is 182 Å². The third-order valence-electron chi connectivity index (χ3n) is 10.9. The summed E-state index contributed by atoms with van der Waals surface area (Å²) in [7, 11) is 0. The first-order chi connectivity index (χ1) is 26.4. The number of aromatic nitrogens is 3. The van der Waals surface area contributed by atoms with Crippen LogP contribution in [0.5, 0.6) is 0 Å². The van der Waals surface area contributed by atoms with Crippen molar-refractivity contribution in [3.05, 3.63) is 188 Å². The summed E-state index contributed by atoms with van der Waals surface area (Å²) in [5, 5.41) is 4.96. The van der Waals surface area contributed by atoms with Crippen molar-refractivity contribution in [2.75, 3.05) is 0 Å². The fourth-order valence-electron chi connectivity index (χ4n) is 8.13. The molecule has 0 saturated heterocycles. The highest BCUT2D eigenvalue weighted by atomic mass is 15.0. The van der Waals surface area contributed by atoms with E-state index in [1.165, 1.54) is 66.0 Å². The number of hydrogen-bond acceptors (Lipinski definition) is 1. The Morgan fingerprint density at radius 2 is 0.778 bits per heavy atom. The average Bonchev–Trinajstić information content (AvgIpc) is 3.73. The molecule has 7 aromatic carbocycles. The van der Waals surface area contributed by atoms with Gasteiger partial charge in [-0.1, -0.05) is 142 Å². The van der Waals surface area contributed by atoms with Gasteiger partial charge in [0.15, 0.2) is 0 Å². The van der Waals surface area contributed by atoms with E-state index in [9.17, 15) is 0 Å².